The molecule has 0 bridgehead atoms. The van der Waals surface area contributed by atoms with Gasteiger partial charge in [0.15, 0.2) is 0 Å². The Kier molecular flexibility index (Phi) is 7.30. The van der Waals surface area contributed by atoms with Crippen LogP contribution in [0.4, 0.5) is 5.69 Å². The second kappa shape index (κ2) is 9.46. The van der Waals surface area contributed by atoms with Gasteiger partial charge in [-0.3, -0.25) is 9.59 Å². The number of likely N-dealkylation sites (N-methyl/N-ethyl adjacent to an activating group) is 1. The fraction of sp³-hybridized carbons (Fsp3) is 0.263. The number of ether oxygens (including phenoxy) is 1. The van der Waals surface area contributed by atoms with E-state index in [0.29, 0.717) is 27.9 Å². The maximum atomic E-state index is 12.2. The van der Waals surface area contributed by atoms with Crippen LogP contribution in [-0.2, 0) is 16.0 Å². The Morgan fingerprint density at radius 3 is 2.50 bits per heavy atom. The molecular formula is C19H20Cl2N2O3. The van der Waals surface area contributed by atoms with Crippen LogP contribution in [0.3, 0.4) is 0 Å². The van der Waals surface area contributed by atoms with Crippen LogP contribution in [0.15, 0.2) is 42.5 Å². The summed E-state index contributed by atoms with van der Waals surface area (Å²) in [7, 11) is 3.14. The summed E-state index contributed by atoms with van der Waals surface area (Å²) < 4.78 is 5.10. The smallest absolute Gasteiger partial charge is 0.244 e. The monoisotopic (exact) mass is 394 g/mol. The van der Waals surface area contributed by atoms with Gasteiger partial charge in [-0.05, 0) is 36.2 Å². The molecule has 0 fully saturated rings. The molecule has 1 N–H and O–H groups in total. The quantitative estimate of drug-likeness (QED) is 0.770. The van der Waals surface area contributed by atoms with Crippen LogP contribution in [0.1, 0.15) is 12.0 Å². The number of anilines is 1. The molecule has 0 saturated heterocycles. The Labute approximate surface area is 162 Å². The number of rotatable bonds is 7. The van der Waals surface area contributed by atoms with E-state index in [-0.39, 0.29) is 24.8 Å². The van der Waals surface area contributed by atoms with E-state index in [2.05, 4.69) is 5.32 Å². The second-order valence-corrected chi connectivity index (χ2v) is 6.56. The average molecular weight is 395 g/mol. The van der Waals surface area contributed by atoms with E-state index in [0.717, 1.165) is 5.56 Å². The average Bonchev–Trinajstić information content (AvgIpc) is 2.61. The van der Waals surface area contributed by atoms with Gasteiger partial charge < -0.3 is 15.0 Å². The summed E-state index contributed by atoms with van der Waals surface area (Å²) in [5.74, 6) is 0.155. The first-order valence-corrected chi connectivity index (χ1v) is 8.77. The number of methoxy groups -OCH3 is 1. The summed E-state index contributed by atoms with van der Waals surface area (Å²) >= 11 is 12.1. The number of carbonyl (C=O) groups excluding carboxylic acids is 2. The zero-order valence-corrected chi connectivity index (χ0v) is 16.1. The zero-order valence-electron chi connectivity index (χ0n) is 14.6. The van der Waals surface area contributed by atoms with E-state index in [1.165, 1.54) is 4.90 Å². The minimum absolute atomic E-state index is 0.0482. The van der Waals surface area contributed by atoms with Crippen LogP contribution in [0, 0.1) is 0 Å². The van der Waals surface area contributed by atoms with Crippen LogP contribution in [0.5, 0.6) is 5.75 Å². The van der Waals surface area contributed by atoms with E-state index in [1.54, 1.807) is 50.6 Å². The van der Waals surface area contributed by atoms with Gasteiger partial charge in [0, 0.05) is 13.5 Å². The van der Waals surface area contributed by atoms with Gasteiger partial charge in [-0.15, -0.1) is 0 Å². The molecule has 2 aromatic rings. The third-order valence-corrected chi connectivity index (χ3v) is 4.42. The summed E-state index contributed by atoms with van der Waals surface area (Å²) in [6.07, 6.45) is 0.803. The third kappa shape index (κ3) is 5.64. The van der Waals surface area contributed by atoms with Gasteiger partial charge in [0.1, 0.15) is 5.75 Å². The first-order chi connectivity index (χ1) is 12.4. The molecule has 0 heterocycles. The molecule has 0 aliphatic heterocycles. The number of para-hydroxylation sites is 1. The summed E-state index contributed by atoms with van der Waals surface area (Å²) in [5.41, 5.74) is 1.45. The van der Waals surface area contributed by atoms with Gasteiger partial charge in [0.25, 0.3) is 0 Å². The number of nitrogens with zero attached hydrogens (tertiary/aromatic N) is 1. The number of nitrogens with one attached hydrogen (secondary N) is 1. The second-order valence-electron chi connectivity index (χ2n) is 5.75. The predicted octanol–water partition coefficient (Wildman–Crippen LogP) is 4.03. The highest BCUT2D eigenvalue weighted by Crippen LogP contribution is 2.25. The normalized spacial score (nSPS) is 10.3. The number of hydrogen-bond acceptors (Lipinski definition) is 3. The Bertz CT molecular complexity index is 796. The van der Waals surface area contributed by atoms with E-state index < -0.39 is 0 Å². The fourth-order valence-electron chi connectivity index (χ4n) is 2.36. The molecule has 0 unspecified atom stereocenters. The molecule has 0 aliphatic rings. The molecule has 7 heteroatoms. The zero-order chi connectivity index (χ0) is 19.1. The highest BCUT2D eigenvalue weighted by Gasteiger charge is 2.14. The molecular weight excluding hydrogens is 375 g/mol. The van der Waals surface area contributed by atoms with Crippen molar-refractivity contribution in [2.75, 3.05) is 26.0 Å². The molecule has 26 heavy (non-hydrogen) atoms. The van der Waals surface area contributed by atoms with Gasteiger partial charge in [-0.2, -0.15) is 0 Å². The van der Waals surface area contributed by atoms with Crippen molar-refractivity contribution in [1.29, 1.82) is 0 Å². The predicted molar refractivity (Wildman–Crippen MR) is 104 cm³/mol. The lowest BCUT2D eigenvalue weighted by atomic mass is 10.1. The maximum Gasteiger partial charge on any atom is 0.244 e. The van der Waals surface area contributed by atoms with Gasteiger partial charge in [0.2, 0.25) is 11.8 Å². The summed E-state index contributed by atoms with van der Waals surface area (Å²) in [6.45, 7) is -0.0482. The minimum atomic E-state index is -0.304. The van der Waals surface area contributed by atoms with Crippen molar-refractivity contribution in [2.24, 2.45) is 0 Å². The first kappa shape index (κ1) is 20.1. The van der Waals surface area contributed by atoms with Crippen molar-refractivity contribution in [3.63, 3.8) is 0 Å². The topological polar surface area (TPSA) is 58.6 Å². The lowest BCUT2D eigenvalue weighted by Gasteiger charge is -2.17. The first-order valence-electron chi connectivity index (χ1n) is 8.01. The lowest BCUT2D eigenvalue weighted by Crippen LogP contribution is -2.35. The maximum absolute atomic E-state index is 12.2. The molecule has 2 aromatic carbocycles. The fourth-order valence-corrected chi connectivity index (χ4v) is 2.83. The molecule has 0 aromatic heterocycles. The van der Waals surface area contributed by atoms with Gasteiger partial charge >= 0.3 is 0 Å². The van der Waals surface area contributed by atoms with Crippen molar-refractivity contribution < 1.29 is 14.3 Å². The Balaban J connectivity index is 1.84. The lowest BCUT2D eigenvalue weighted by molar-refractivity contribution is -0.133. The van der Waals surface area contributed by atoms with Crippen molar-refractivity contribution >= 4 is 40.7 Å². The van der Waals surface area contributed by atoms with Crippen LogP contribution in [0.2, 0.25) is 10.0 Å². The van der Waals surface area contributed by atoms with Crippen LogP contribution in [-0.4, -0.2) is 37.4 Å². The van der Waals surface area contributed by atoms with Crippen molar-refractivity contribution in [2.45, 2.75) is 12.8 Å². The highest BCUT2D eigenvalue weighted by atomic mass is 35.5. The number of aryl methyl sites for hydroxylation is 1. The summed E-state index contributed by atoms with van der Waals surface area (Å²) in [5, 5.41) is 3.65. The number of carbonyl (C=O) groups is 2. The van der Waals surface area contributed by atoms with Crippen LogP contribution < -0.4 is 10.1 Å². The summed E-state index contributed by atoms with van der Waals surface area (Å²) in [4.78, 5) is 25.7. The van der Waals surface area contributed by atoms with Crippen molar-refractivity contribution in [3.8, 4) is 5.75 Å². The Morgan fingerprint density at radius 1 is 1.12 bits per heavy atom. The molecule has 0 radical (unpaired) electrons. The third-order valence-electron chi connectivity index (χ3n) is 3.80. The molecule has 2 rings (SSSR count). The van der Waals surface area contributed by atoms with Gasteiger partial charge in [-0.25, -0.2) is 0 Å². The molecule has 0 saturated carbocycles. The molecule has 5 nitrogen and oxygen atoms in total. The number of halogens is 2. The minimum Gasteiger partial charge on any atom is -0.495 e. The molecule has 0 spiro atoms. The van der Waals surface area contributed by atoms with Crippen LogP contribution in [0.25, 0.3) is 0 Å². The highest BCUT2D eigenvalue weighted by molar-refractivity contribution is 6.33. The number of amides is 2. The van der Waals surface area contributed by atoms with Gasteiger partial charge in [0.05, 0.1) is 29.4 Å². The van der Waals surface area contributed by atoms with Crippen molar-refractivity contribution in [1.82, 2.24) is 4.90 Å². The molecule has 138 valence electrons. The van der Waals surface area contributed by atoms with Crippen molar-refractivity contribution in [3.05, 3.63) is 58.1 Å². The molecule has 0 aliphatic carbocycles. The Morgan fingerprint density at radius 2 is 1.85 bits per heavy atom. The summed E-state index contributed by atoms with van der Waals surface area (Å²) in [6, 6.07) is 12.3. The van der Waals surface area contributed by atoms with Gasteiger partial charge in [-0.1, -0.05) is 41.4 Å². The largest absolute Gasteiger partial charge is 0.495 e. The Hall–Kier alpha value is -2.24. The standard InChI is InChI=1S/C19H20Cl2N2O3/c1-23(12-18(24)22-16-6-4-3-5-14(16)20)19(25)10-8-13-7-9-17(26-2)15(21)11-13/h3-7,9,11H,8,10,12H2,1-2H3,(H,22,24). The van der Waals surface area contributed by atoms with E-state index in [1.807, 2.05) is 6.07 Å². The van der Waals surface area contributed by atoms with Crippen LogP contribution >= 0.6 is 23.2 Å². The molecule has 0 atom stereocenters. The van der Waals surface area contributed by atoms with E-state index in [4.69, 9.17) is 27.9 Å². The van der Waals surface area contributed by atoms with E-state index in [9.17, 15) is 9.59 Å². The SMILES string of the molecule is COc1ccc(CCC(=O)N(C)CC(=O)Nc2ccccc2Cl)cc1Cl. The number of benzene rings is 2. The number of hydrogen-bond donors (Lipinski definition) is 1. The molecule has 2 amide bonds. The van der Waals surface area contributed by atoms with E-state index >= 15 is 0 Å².